The molecule has 1 aliphatic heterocycles. The van der Waals surface area contributed by atoms with Crippen LogP contribution in [0.25, 0.3) is 0 Å². The molecule has 1 amide bonds. The van der Waals surface area contributed by atoms with Gasteiger partial charge in [0.15, 0.2) is 5.96 Å². The molecule has 1 heterocycles. The smallest absolute Gasteiger partial charge is 0.221 e. The fourth-order valence-electron chi connectivity index (χ4n) is 3.15. The number of nitrogens with one attached hydrogen (secondary N) is 3. The van der Waals surface area contributed by atoms with Gasteiger partial charge in [-0.05, 0) is 43.5 Å². The zero-order valence-electron chi connectivity index (χ0n) is 15.6. The molecule has 0 unspecified atom stereocenters. The van der Waals surface area contributed by atoms with E-state index in [0.29, 0.717) is 12.6 Å². The molecule has 6 nitrogen and oxygen atoms in total. The van der Waals surface area contributed by atoms with Gasteiger partial charge in [-0.25, -0.2) is 0 Å². The highest BCUT2D eigenvalue weighted by Gasteiger charge is 2.19. The first-order chi connectivity index (χ1) is 12.1. The second-order valence-electron chi connectivity index (χ2n) is 6.57. The van der Waals surface area contributed by atoms with Crippen molar-refractivity contribution in [1.82, 2.24) is 15.5 Å². The highest BCUT2D eigenvalue weighted by Crippen LogP contribution is 2.12. The fraction of sp³-hybridized carbons (Fsp3) is 0.579. The minimum atomic E-state index is -0.0583. The van der Waals surface area contributed by atoms with Crippen molar-refractivity contribution in [3.63, 3.8) is 0 Å². The first kappa shape index (κ1) is 19.2. The van der Waals surface area contributed by atoms with Crippen LogP contribution in [0.3, 0.4) is 0 Å². The van der Waals surface area contributed by atoms with Gasteiger partial charge in [-0.1, -0.05) is 19.1 Å². The van der Waals surface area contributed by atoms with Gasteiger partial charge >= 0.3 is 0 Å². The molecule has 1 aromatic rings. The number of likely N-dealkylation sites (tertiary alicyclic amines) is 1. The van der Waals surface area contributed by atoms with Gasteiger partial charge in [0, 0.05) is 45.3 Å². The van der Waals surface area contributed by atoms with Crippen molar-refractivity contribution in [2.45, 2.75) is 45.7 Å². The summed E-state index contributed by atoms with van der Waals surface area (Å²) < 4.78 is 0. The molecule has 2 rings (SSSR count). The standard InChI is InChI=1S/C19H31N5O/c1-4-10-24-11-8-17(9-12-24)23-19(20-3)21-14-16-6-5-7-18(13-16)22-15(2)25/h5-7,13,17H,4,8-12,14H2,1-3H3,(H,22,25)(H2,20,21,23). The van der Waals surface area contributed by atoms with Gasteiger partial charge in [0.1, 0.15) is 0 Å². The van der Waals surface area contributed by atoms with E-state index in [0.717, 1.165) is 43.1 Å². The highest BCUT2D eigenvalue weighted by molar-refractivity contribution is 5.88. The van der Waals surface area contributed by atoms with Crippen LogP contribution in [0, 0.1) is 0 Å². The third-order valence-corrected chi connectivity index (χ3v) is 4.40. The average molecular weight is 345 g/mol. The van der Waals surface area contributed by atoms with Crippen LogP contribution in [-0.2, 0) is 11.3 Å². The van der Waals surface area contributed by atoms with Gasteiger partial charge < -0.3 is 20.9 Å². The molecule has 0 atom stereocenters. The predicted octanol–water partition coefficient (Wildman–Crippen LogP) is 2.18. The second kappa shape index (κ2) is 10.0. The Morgan fingerprint density at radius 2 is 2.08 bits per heavy atom. The van der Waals surface area contributed by atoms with E-state index in [-0.39, 0.29) is 5.91 Å². The molecule has 1 aliphatic rings. The van der Waals surface area contributed by atoms with Crippen molar-refractivity contribution in [2.75, 3.05) is 32.0 Å². The lowest BCUT2D eigenvalue weighted by atomic mass is 10.1. The van der Waals surface area contributed by atoms with Gasteiger partial charge in [0.2, 0.25) is 5.91 Å². The predicted molar refractivity (Wildman–Crippen MR) is 104 cm³/mol. The van der Waals surface area contributed by atoms with Crippen LogP contribution in [0.2, 0.25) is 0 Å². The fourth-order valence-corrected chi connectivity index (χ4v) is 3.15. The summed E-state index contributed by atoms with van der Waals surface area (Å²) in [7, 11) is 1.80. The lowest BCUT2D eigenvalue weighted by Gasteiger charge is -2.32. The summed E-state index contributed by atoms with van der Waals surface area (Å²) in [6.07, 6.45) is 3.52. The topological polar surface area (TPSA) is 68.8 Å². The second-order valence-corrected chi connectivity index (χ2v) is 6.57. The van der Waals surface area contributed by atoms with Crippen molar-refractivity contribution >= 4 is 17.6 Å². The molecule has 25 heavy (non-hydrogen) atoms. The van der Waals surface area contributed by atoms with Crippen molar-refractivity contribution in [2.24, 2.45) is 4.99 Å². The summed E-state index contributed by atoms with van der Waals surface area (Å²) in [4.78, 5) is 18.0. The number of carbonyl (C=O) groups excluding carboxylic acids is 1. The maximum absolute atomic E-state index is 11.2. The molecular formula is C19H31N5O. The molecule has 0 bridgehead atoms. The summed E-state index contributed by atoms with van der Waals surface area (Å²) in [5.74, 6) is 0.774. The van der Waals surface area contributed by atoms with Crippen LogP contribution < -0.4 is 16.0 Å². The summed E-state index contributed by atoms with van der Waals surface area (Å²) in [5, 5.41) is 9.70. The minimum Gasteiger partial charge on any atom is -0.354 e. The lowest BCUT2D eigenvalue weighted by Crippen LogP contribution is -2.48. The summed E-state index contributed by atoms with van der Waals surface area (Å²) in [5.41, 5.74) is 1.92. The van der Waals surface area contributed by atoms with Gasteiger partial charge in [0.05, 0.1) is 0 Å². The Bertz CT molecular complexity index is 579. The van der Waals surface area contributed by atoms with E-state index in [1.165, 1.54) is 19.9 Å². The number of hydrogen-bond donors (Lipinski definition) is 3. The van der Waals surface area contributed by atoms with E-state index in [4.69, 9.17) is 0 Å². The van der Waals surface area contributed by atoms with Gasteiger partial charge in [-0.2, -0.15) is 0 Å². The van der Waals surface area contributed by atoms with Crippen LogP contribution in [-0.4, -0.2) is 49.5 Å². The molecule has 6 heteroatoms. The minimum absolute atomic E-state index is 0.0583. The Morgan fingerprint density at radius 3 is 2.72 bits per heavy atom. The molecule has 1 aromatic carbocycles. The van der Waals surface area contributed by atoms with Crippen molar-refractivity contribution in [3.8, 4) is 0 Å². The van der Waals surface area contributed by atoms with Crippen molar-refractivity contribution in [1.29, 1.82) is 0 Å². The normalized spacial score (nSPS) is 16.5. The van der Waals surface area contributed by atoms with Gasteiger partial charge in [-0.3, -0.25) is 9.79 Å². The number of rotatable bonds is 6. The number of aliphatic imine (C=N–C) groups is 1. The molecule has 0 radical (unpaired) electrons. The quantitative estimate of drug-likeness (QED) is 0.546. The first-order valence-corrected chi connectivity index (χ1v) is 9.16. The monoisotopic (exact) mass is 345 g/mol. The molecule has 0 saturated carbocycles. The van der Waals surface area contributed by atoms with Crippen LogP contribution in [0.5, 0.6) is 0 Å². The van der Waals surface area contributed by atoms with E-state index in [1.54, 1.807) is 7.05 Å². The number of benzene rings is 1. The number of amides is 1. The number of nitrogens with zero attached hydrogens (tertiary/aromatic N) is 2. The molecule has 0 spiro atoms. The third-order valence-electron chi connectivity index (χ3n) is 4.40. The van der Waals surface area contributed by atoms with Crippen LogP contribution >= 0.6 is 0 Å². The van der Waals surface area contributed by atoms with Gasteiger partial charge in [0.25, 0.3) is 0 Å². The number of piperidine rings is 1. The Labute approximate surface area is 151 Å². The summed E-state index contributed by atoms with van der Waals surface area (Å²) in [6.45, 7) is 7.92. The number of carbonyl (C=O) groups is 1. The van der Waals surface area contributed by atoms with E-state index < -0.39 is 0 Å². The SMILES string of the molecule is CCCN1CCC(NC(=NC)NCc2cccc(NC(C)=O)c2)CC1. The van der Waals surface area contributed by atoms with Crippen molar-refractivity contribution in [3.05, 3.63) is 29.8 Å². The van der Waals surface area contributed by atoms with E-state index in [9.17, 15) is 4.79 Å². The highest BCUT2D eigenvalue weighted by atomic mass is 16.1. The van der Waals surface area contributed by atoms with Crippen molar-refractivity contribution < 1.29 is 4.79 Å². The van der Waals surface area contributed by atoms with E-state index in [2.05, 4.69) is 32.8 Å². The van der Waals surface area contributed by atoms with E-state index >= 15 is 0 Å². The maximum atomic E-state index is 11.2. The number of guanidine groups is 1. The molecule has 0 aliphatic carbocycles. The number of anilines is 1. The Morgan fingerprint density at radius 1 is 1.32 bits per heavy atom. The summed E-state index contributed by atoms with van der Waals surface area (Å²) >= 11 is 0. The van der Waals surface area contributed by atoms with E-state index in [1.807, 2.05) is 24.3 Å². The van der Waals surface area contributed by atoms with Crippen LogP contribution in [0.15, 0.2) is 29.3 Å². The maximum Gasteiger partial charge on any atom is 0.221 e. The molecule has 0 aromatic heterocycles. The average Bonchev–Trinajstić information content (AvgIpc) is 2.60. The third kappa shape index (κ3) is 6.74. The largest absolute Gasteiger partial charge is 0.354 e. The van der Waals surface area contributed by atoms with Crippen LogP contribution in [0.1, 0.15) is 38.7 Å². The molecule has 1 fully saturated rings. The number of hydrogen-bond acceptors (Lipinski definition) is 3. The summed E-state index contributed by atoms with van der Waals surface area (Å²) in [6, 6.07) is 8.33. The molecule has 3 N–H and O–H groups in total. The lowest BCUT2D eigenvalue weighted by molar-refractivity contribution is -0.114. The Kier molecular flexibility index (Phi) is 7.73. The Balaban J connectivity index is 1.80. The van der Waals surface area contributed by atoms with Crippen LogP contribution in [0.4, 0.5) is 5.69 Å². The first-order valence-electron chi connectivity index (χ1n) is 9.16. The molecule has 1 saturated heterocycles. The van der Waals surface area contributed by atoms with Gasteiger partial charge in [-0.15, -0.1) is 0 Å². The molecular weight excluding hydrogens is 314 g/mol. The Hall–Kier alpha value is -2.08. The zero-order valence-corrected chi connectivity index (χ0v) is 15.6. The zero-order chi connectivity index (χ0) is 18.1. The molecule has 138 valence electrons.